The number of esters is 1. The van der Waals surface area contributed by atoms with Crippen LogP contribution in [0.1, 0.15) is 16.2 Å². The van der Waals surface area contributed by atoms with E-state index in [-0.39, 0.29) is 5.97 Å². The van der Waals surface area contributed by atoms with Crippen molar-refractivity contribution in [2.45, 2.75) is 13.5 Å². The van der Waals surface area contributed by atoms with Crippen LogP contribution in [0.25, 0.3) is 0 Å². The van der Waals surface area contributed by atoms with Crippen LogP contribution in [0.15, 0.2) is 36.7 Å². The molecule has 0 aliphatic rings. The van der Waals surface area contributed by atoms with Gasteiger partial charge in [-0.3, -0.25) is 0 Å². The largest absolute Gasteiger partial charge is 0.460 e. The molecule has 2 aromatic rings. The zero-order valence-electron chi connectivity index (χ0n) is 9.97. The first-order valence-electron chi connectivity index (χ1n) is 5.57. The lowest BCUT2D eigenvalue weighted by Crippen LogP contribution is -2.11. The van der Waals surface area contributed by atoms with Crippen LogP contribution in [0.2, 0.25) is 5.02 Å². The third-order valence-corrected chi connectivity index (χ3v) is 2.82. The van der Waals surface area contributed by atoms with Gasteiger partial charge in [0.25, 0.3) is 0 Å². The molecule has 0 aliphatic heterocycles. The lowest BCUT2D eigenvalue weighted by atomic mass is 10.2. The Balaban J connectivity index is 1.85. The summed E-state index contributed by atoms with van der Waals surface area (Å²) in [5.74, 6) is 0.557. The van der Waals surface area contributed by atoms with Gasteiger partial charge >= 0.3 is 5.97 Å². The Morgan fingerprint density at radius 1 is 1.39 bits per heavy atom. The number of imidazole rings is 1. The SMILES string of the molecule is Cc1nccn1CCOC(=O)c1ccc(Cl)cc1. The molecule has 0 N–H and O–H groups in total. The number of benzene rings is 1. The summed E-state index contributed by atoms with van der Waals surface area (Å²) in [7, 11) is 0. The minimum Gasteiger partial charge on any atom is -0.460 e. The van der Waals surface area contributed by atoms with E-state index >= 15 is 0 Å². The Morgan fingerprint density at radius 3 is 2.72 bits per heavy atom. The van der Waals surface area contributed by atoms with Gasteiger partial charge in [0, 0.05) is 17.4 Å². The monoisotopic (exact) mass is 264 g/mol. The molecule has 0 unspecified atom stereocenters. The highest BCUT2D eigenvalue weighted by Crippen LogP contribution is 2.10. The van der Waals surface area contributed by atoms with Crippen LogP contribution >= 0.6 is 11.6 Å². The average Bonchev–Trinajstić information content (AvgIpc) is 2.76. The van der Waals surface area contributed by atoms with Crippen molar-refractivity contribution in [3.05, 3.63) is 53.1 Å². The van der Waals surface area contributed by atoms with E-state index < -0.39 is 0 Å². The molecular weight excluding hydrogens is 252 g/mol. The van der Waals surface area contributed by atoms with Gasteiger partial charge in [0.15, 0.2) is 0 Å². The Bertz CT molecular complexity index is 534. The zero-order chi connectivity index (χ0) is 13.0. The van der Waals surface area contributed by atoms with Crippen molar-refractivity contribution in [3.8, 4) is 0 Å². The lowest BCUT2D eigenvalue weighted by molar-refractivity contribution is 0.0490. The third kappa shape index (κ3) is 3.11. The van der Waals surface area contributed by atoms with Crippen molar-refractivity contribution < 1.29 is 9.53 Å². The summed E-state index contributed by atoms with van der Waals surface area (Å²) in [4.78, 5) is 15.8. The van der Waals surface area contributed by atoms with Gasteiger partial charge in [-0.1, -0.05) is 11.6 Å². The van der Waals surface area contributed by atoms with E-state index in [4.69, 9.17) is 16.3 Å². The predicted octanol–water partition coefficient (Wildman–Crippen LogP) is 2.70. The molecule has 5 heteroatoms. The topological polar surface area (TPSA) is 44.1 Å². The van der Waals surface area contributed by atoms with Crippen molar-refractivity contribution in [1.82, 2.24) is 9.55 Å². The first-order chi connectivity index (χ1) is 8.66. The fourth-order valence-corrected chi connectivity index (χ4v) is 1.67. The summed E-state index contributed by atoms with van der Waals surface area (Å²) in [6, 6.07) is 6.62. The molecule has 2 rings (SSSR count). The molecule has 0 fully saturated rings. The third-order valence-electron chi connectivity index (χ3n) is 2.57. The number of rotatable bonds is 4. The van der Waals surface area contributed by atoms with E-state index in [2.05, 4.69) is 4.98 Å². The van der Waals surface area contributed by atoms with Gasteiger partial charge in [0.2, 0.25) is 0 Å². The number of halogens is 1. The number of carbonyl (C=O) groups is 1. The van der Waals surface area contributed by atoms with Crippen LogP contribution in [0, 0.1) is 6.92 Å². The maximum absolute atomic E-state index is 11.7. The minimum atomic E-state index is -0.343. The number of aromatic nitrogens is 2. The van der Waals surface area contributed by atoms with Crippen LogP contribution in [0.5, 0.6) is 0 Å². The molecule has 4 nitrogen and oxygen atoms in total. The molecule has 0 bridgehead atoms. The lowest BCUT2D eigenvalue weighted by Gasteiger charge is -2.06. The number of carbonyl (C=O) groups excluding carboxylic acids is 1. The van der Waals surface area contributed by atoms with Crippen LogP contribution in [-0.2, 0) is 11.3 Å². The Hall–Kier alpha value is -1.81. The first kappa shape index (κ1) is 12.6. The summed E-state index contributed by atoms with van der Waals surface area (Å²) in [5.41, 5.74) is 0.502. The molecule has 0 spiro atoms. The minimum absolute atomic E-state index is 0.318. The van der Waals surface area contributed by atoms with Crippen molar-refractivity contribution in [2.24, 2.45) is 0 Å². The number of aryl methyl sites for hydroxylation is 1. The Morgan fingerprint density at radius 2 is 2.11 bits per heavy atom. The van der Waals surface area contributed by atoms with Crippen molar-refractivity contribution in [1.29, 1.82) is 0 Å². The fourth-order valence-electron chi connectivity index (χ4n) is 1.55. The second kappa shape index (κ2) is 5.69. The molecule has 1 heterocycles. The van der Waals surface area contributed by atoms with Crippen LogP contribution in [-0.4, -0.2) is 22.1 Å². The molecule has 1 aromatic heterocycles. The molecule has 0 saturated heterocycles. The van der Waals surface area contributed by atoms with E-state index in [1.807, 2.05) is 17.7 Å². The molecule has 0 amide bonds. The highest BCUT2D eigenvalue weighted by molar-refractivity contribution is 6.30. The molecule has 18 heavy (non-hydrogen) atoms. The fraction of sp³-hybridized carbons (Fsp3) is 0.231. The summed E-state index contributed by atoms with van der Waals surface area (Å²) < 4.78 is 7.09. The van der Waals surface area contributed by atoms with Gasteiger partial charge in [-0.15, -0.1) is 0 Å². The van der Waals surface area contributed by atoms with Crippen LogP contribution < -0.4 is 0 Å². The van der Waals surface area contributed by atoms with Gasteiger partial charge in [-0.2, -0.15) is 0 Å². The number of ether oxygens (including phenoxy) is 1. The quantitative estimate of drug-likeness (QED) is 0.798. The van der Waals surface area contributed by atoms with Gasteiger partial charge in [0.1, 0.15) is 12.4 Å². The maximum Gasteiger partial charge on any atom is 0.338 e. The average molecular weight is 265 g/mol. The molecular formula is C13H13ClN2O2. The van der Waals surface area contributed by atoms with Crippen LogP contribution in [0.4, 0.5) is 0 Å². The van der Waals surface area contributed by atoms with Crippen molar-refractivity contribution >= 4 is 17.6 Å². The number of hydrogen-bond acceptors (Lipinski definition) is 3. The summed E-state index contributed by atoms with van der Waals surface area (Å²) in [5, 5.41) is 0.598. The summed E-state index contributed by atoms with van der Waals surface area (Å²) >= 11 is 5.74. The van der Waals surface area contributed by atoms with Gasteiger partial charge in [-0.05, 0) is 31.2 Å². The van der Waals surface area contributed by atoms with E-state index in [0.717, 1.165) is 5.82 Å². The van der Waals surface area contributed by atoms with Gasteiger partial charge < -0.3 is 9.30 Å². The van der Waals surface area contributed by atoms with Crippen molar-refractivity contribution in [2.75, 3.05) is 6.61 Å². The van der Waals surface area contributed by atoms with Crippen LogP contribution in [0.3, 0.4) is 0 Å². The summed E-state index contributed by atoms with van der Waals surface area (Å²) in [6.45, 7) is 2.82. The highest BCUT2D eigenvalue weighted by Gasteiger charge is 2.06. The highest BCUT2D eigenvalue weighted by atomic mass is 35.5. The number of hydrogen-bond donors (Lipinski definition) is 0. The summed E-state index contributed by atoms with van der Waals surface area (Å²) in [6.07, 6.45) is 3.57. The van der Waals surface area contributed by atoms with Gasteiger partial charge in [0.05, 0.1) is 12.1 Å². The van der Waals surface area contributed by atoms with E-state index in [1.165, 1.54) is 0 Å². The van der Waals surface area contributed by atoms with E-state index in [9.17, 15) is 4.79 Å². The van der Waals surface area contributed by atoms with E-state index in [1.54, 1.807) is 30.5 Å². The second-order valence-electron chi connectivity index (χ2n) is 3.81. The maximum atomic E-state index is 11.7. The molecule has 0 atom stereocenters. The van der Waals surface area contributed by atoms with Gasteiger partial charge in [-0.25, -0.2) is 9.78 Å². The first-order valence-corrected chi connectivity index (χ1v) is 5.95. The predicted molar refractivity (Wildman–Crippen MR) is 68.7 cm³/mol. The normalized spacial score (nSPS) is 10.3. The smallest absolute Gasteiger partial charge is 0.338 e. The standard InChI is InChI=1S/C13H13ClN2O2/c1-10-15-6-7-16(10)8-9-18-13(17)11-2-4-12(14)5-3-11/h2-7H,8-9H2,1H3. The molecule has 0 aliphatic carbocycles. The molecule has 0 radical (unpaired) electrons. The molecule has 94 valence electrons. The zero-order valence-corrected chi connectivity index (χ0v) is 10.7. The second-order valence-corrected chi connectivity index (χ2v) is 4.25. The molecule has 1 aromatic carbocycles. The van der Waals surface area contributed by atoms with E-state index in [0.29, 0.717) is 23.7 Å². The number of nitrogens with zero attached hydrogens (tertiary/aromatic N) is 2. The Kier molecular flexibility index (Phi) is 3.99. The molecule has 0 saturated carbocycles. The Labute approximate surface area is 110 Å². The van der Waals surface area contributed by atoms with Crippen molar-refractivity contribution in [3.63, 3.8) is 0 Å².